The molecule has 4 rings (SSSR count). The van der Waals surface area contributed by atoms with Crippen molar-refractivity contribution in [1.29, 1.82) is 0 Å². The SMILES string of the molecule is Cn1cc(CN2C[C@H]3C[C@H](C(=O)NCc4ccccc4)[C@@H](C2)O3)cn1. The molecular formula is C19H24N4O2. The van der Waals surface area contributed by atoms with Crippen LogP contribution in [0.15, 0.2) is 42.7 Å². The van der Waals surface area contributed by atoms with Crippen LogP contribution >= 0.6 is 0 Å². The summed E-state index contributed by atoms with van der Waals surface area (Å²) in [7, 11) is 1.93. The first-order valence-electron chi connectivity index (χ1n) is 8.84. The van der Waals surface area contributed by atoms with Gasteiger partial charge in [0.25, 0.3) is 0 Å². The lowest BCUT2D eigenvalue weighted by atomic mass is 9.99. The van der Waals surface area contributed by atoms with Crippen molar-refractivity contribution in [3.05, 3.63) is 53.9 Å². The number of nitrogens with one attached hydrogen (secondary N) is 1. The molecule has 0 aliphatic carbocycles. The fraction of sp³-hybridized carbons (Fsp3) is 0.474. The second kappa shape index (κ2) is 6.98. The molecule has 6 heteroatoms. The lowest BCUT2D eigenvalue weighted by molar-refractivity contribution is -0.128. The second-order valence-electron chi connectivity index (χ2n) is 7.06. The van der Waals surface area contributed by atoms with Crippen LogP contribution < -0.4 is 5.32 Å². The largest absolute Gasteiger partial charge is 0.371 e. The Morgan fingerprint density at radius 2 is 2.12 bits per heavy atom. The van der Waals surface area contributed by atoms with Crippen LogP contribution in [0, 0.1) is 5.92 Å². The van der Waals surface area contributed by atoms with Gasteiger partial charge in [0.2, 0.25) is 5.91 Å². The minimum Gasteiger partial charge on any atom is -0.371 e. The predicted octanol–water partition coefficient (Wildman–Crippen LogP) is 1.33. The van der Waals surface area contributed by atoms with Crippen molar-refractivity contribution in [1.82, 2.24) is 20.0 Å². The number of rotatable bonds is 5. The summed E-state index contributed by atoms with van der Waals surface area (Å²) in [6.07, 6.45) is 4.91. The normalized spacial score (nSPS) is 25.9. The Morgan fingerprint density at radius 1 is 1.28 bits per heavy atom. The number of carbonyl (C=O) groups excluding carboxylic acids is 1. The van der Waals surface area contributed by atoms with Crippen LogP contribution in [0.4, 0.5) is 0 Å². The third kappa shape index (κ3) is 3.75. The monoisotopic (exact) mass is 340 g/mol. The Labute approximate surface area is 147 Å². The van der Waals surface area contributed by atoms with Crippen molar-refractivity contribution in [2.75, 3.05) is 13.1 Å². The summed E-state index contributed by atoms with van der Waals surface area (Å²) in [4.78, 5) is 15.0. The standard InChI is InChI=1S/C19H24N4O2/c1-22-10-15(9-21-22)11-23-12-16-7-17(18(13-23)25-16)19(24)20-8-14-5-3-2-4-6-14/h2-6,9-10,16-18H,7-8,11-13H2,1H3,(H,20,24)/t16-,17+,18-/m1/s1. The van der Waals surface area contributed by atoms with Crippen LogP contribution in [-0.2, 0) is 29.7 Å². The maximum atomic E-state index is 12.6. The van der Waals surface area contributed by atoms with Gasteiger partial charge in [-0.3, -0.25) is 14.4 Å². The van der Waals surface area contributed by atoms with E-state index in [0.717, 1.165) is 31.6 Å². The number of fused-ring (bicyclic) bond motifs is 2. The van der Waals surface area contributed by atoms with Crippen molar-refractivity contribution < 1.29 is 9.53 Å². The van der Waals surface area contributed by atoms with Gasteiger partial charge in [0.05, 0.1) is 24.3 Å². The molecule has 3 atom stereocenters. The van der Waals surface area contributed by atoms with E-state index >= 15 is 0 Å². The van der Waals surface area contributed by atoms with Crippen LogP contribution in [0.5, 0.6) is 0 Å². The average Bonchev–Trinajstić information content (AvgIpc) is 3.16. The fourth-order valence-electron chi connectivity index (χ4n) is 3.87. The molecule has 0 radical (unpaired) electrons. The Kier molecular flexibility index (Phi) is 4.55. The molecule has 0 saturated carbocycles. The molecule has 1 amide bonds. The summed E-state index contributed by atoms with van der Waals surface area (Å²) in [5, 5.41) is 7.30. The van der Waals surface area contributed by atoms with E-state index in [1.165, 1.54) is 5.56 Å². The minimum atomic E-state index is -0.0485. The summed E-state index contributed by atoms with van der Waals surface area (Å²) >= 11 is 0. The van der Waals surface area contributed by atoms with Crippen molar-refractivity contribution in [3.8, 4) is 0 Å². The zero-order valence-corrected chi connectivity index (χ0v) is 14.5. The predicted molar refractivity (Wildman–Crippen MR) is 93.5 cm³/mol. The molecule has 6 nitrogen and oxygen atoms in total. The van der Waals surface area contributed by atoms with Crippen LogP contribution in [0.1, 0.15) is 17.5 Å². The number of amides is 1. The van der Waals surface area contributed by atoms with Crippen LogP contribution in [-0.4, -0.2) is 45.9 Å². The average molecular weight is 340 g/mol. The van der Waals surface area contributed by atoms with E-state index < -0.39 is 0 Å². The Hall–Kier alpha value is -2.18. The number of nitrogens with zero attached hydrogens (tertiary/aromatic N) is 3. The second-order valence-corrected chi connectivity index (χ2v) is 7.06. The Bertz CT molecular complexity index is 730. The smallest absolute Gasteiger partial charge is 0.226 e. The number of hydrogen-bond acceptors (Lipinski definition) is 4. The van der Waals surface area contributed by atoms with Gasteiger partial charge in [-0.2, -0.15) is 5.10 Å². The summed E-state index contributed by atoms with van der Waals surface area (Å²) in [6, 6.07) is 10.0. The van der Waals surface area contributed by atoms with Crippen LogP contribution in [0.3, 0.4) is 0 Å². The van der Waals surface area contributed by atoms with E-state index in [1.54, 1.807) is 0 Å². The summed E-state index contributed by atoms with van der Waals surface area (Å²) < 4.78 is 7.86. The van der Waals surface area contributed by atoms with Gasteiger partial charge in [-0.15, -0.1) is 0 Å². The highest BCUT2D eigenvalue weighted by Gasteiger charge is 2.44. The number of benzene rings is 1. The van der Waals surface area contributed by atoms with Crippen molar-refractivity contribution >= 4 is 5.91 Å². The number of carbonyl (C=O) groups is 1. The molecule has 25 heavy (non-hydrogen) atoms. The number of aromatic nitrogens is 2. The van der Waals surface area contributed by atoms with Gasteiger partial charge in [-0.1, -0.05) is 30.3 Å². The molecular weight excluding hydrogens is 316 g/mol. The van der Waals surface area contributed by atoms with Gasteiger partial charge in [0.15, 0.2) is 0 Å². The molecule has 2 aliphatic heterocycles. The molecule has 132 valence electrons. The van der Waals surface area contributed by atoms with E-state index in [1.807, 2.05) is 54.5 Å². The van der Waals surface area contributed by atoms with Crippen molar-refractivity contribution in [2.24, 2.45) is 13.0 Å². The maximum Gasteiger partial charge on any atom is 0.226 e. The van der Waals surface area contributed by atoms with Crippen molar-refractivity contribution in [2.45, 2.75) is 31.7 Å². The Morgan fingerprint density at radius 3 is 2.88 bits per heavy atom. The highest BCUT2D eigenvalue weighted by Crippen LogP contribution is 2.32. The van der Waals surface area contributed by atoms with Gasteiger partial charge < -0.3 is 10.1 Å². The molecule has 2 saturated heterocycles. The number of likely N-dealkylation sites (tertiary alicyclic amines) is 1. The number of morpholine rings is 1. The maximum absolute atomic E-state index is 12.6. The summed E-state index contributed by atoms with van der Waals surface area (Å²) in [6.45, 7) is 3.12. The van der Waals surface area contributed by atoms with Crippen molar-refractivity contribution in [3.63, 3.8) is 0 Å². The molecule has 0 spiro atoms. The van der Waals surface area contributed by atoms with E-state index in [2.05, 4.69) is 15.3 Å². The highest BCUT2D eigenvalue weighted by molar-refractivity contribution is 5.79. The molecule has 0 unspecified atom stereocenters. The van der Waals surface area contributed by atoms with E-state index in [0.29, 0.717) is 6.54 Å². The lowest BCUT2D eigenvalue weighted by Gasteiger charge is -2.32. The van der Waals surface area contributed by atoms with Gasteiger partial charge in [0, 0.05) is 45.0 Å². The third-order valence-corrected chi connectivity index (χ3v) is 5.04. The van der Waals surface area contributed by atoms with Crippen LogP contribution in [0.25, 0.3) is 0 Å². The van der Waals surface area contributed by atoms with E-state index in [9.17, 15) is 4.79 Å². The quantitative estimate of drug-likeness (QED) is 0.892. The molecule has 2 bridgehead atoms. The van der Waals surface area contributed by atoms with E-state index in [-0.39, 0.29) is 24.0 Å². The minimum absolute atomic E-state index is 0.00815. The summed E-state index contributed by atoms with van der Waals surface area (Å²) in [5.74, 6) is 0.0622. The zero-order valence-electron chi connectivity index (χ0n) is 14.5. The molecule has 1 N–H and O–H groups in total. The van der Waals surface area contributed by atoms with Gasteiger partial charge in [-0.25, -0.2) is 0 Å². The first-order chi connectivity index (χ1) is 12.2. The number of hydrogen-bond donors (Lipinski definition) is 1. The molecule has 2 fully saturated rings. The third-order valence-electron chi connectivity index (χ3n) is 5.04. The first kappa shape index (κ1) is 16.3. The fourth-order valence-corrected chi connectivity index (χ4v) is 3.87. The molecule has 3 heterocycles. The topological polar surface area (TPSA) is 59.4 Å². The molecule has 1 aromatic heterocycles. The highest BCUT2D eigenvalue weighted by atomic mass is 16.5. The molecule has 2 aromatic rings. The number of ether oxygens (including phenoxy) is 1. The lowest BCUT2D eigenvalue weighted by Crippen LogP contribution is -2.44. The van der Waals surface area contributed by atoms with Gasteiger partial charge in [0.1, 0.15) is 0 Å². The number of aryl methyl sites for hydroxylation is 1. The zero-order chi connectivity index (χ0) is 17.2. The molecule has 2 aliphatic rings. The molecule has 1 aromatic carbocycles. The van der Waals surface area contributed by atoms with Crippen LogP contribution in [0.2, 0.25) is 0 Å². The van der Waals surface area contributed by atoms with E-state index in [4.69, 9.17) is 4.74 Å². The first-order valence-corrected chi connectivity index (χ1v) is 8.84. The summed E-state index contributed by atoms with van der Waals surface area (Å²) in [5.41, 5.74) is 2.32. The van der Waals surface area contributed by atoms with Gasteiger partial charge >= 0.3 is 0 Å². The Balaban J connectivity index is 1.33. The van der Waals surface area contributed by atoms with Gasteiger partial charge in [-0.05, 0) is 12.0 Å².